The second kappa shape index (κ2) is 4.97. The molecule has 0 amide bonds. The van der Waals surface area contributed by atoms with Crippen LogP contribution in [0.4, 0.5) is 0 Å². The molecule has 2 heterocycles. The van der Waals surface area contributed by atoms with E-state index in [4.69, 9.17) is 12.2 Å². The van der Waals surface area contributed by atoms with E-state index in [-0.39, 0.29) is 5.56 Å². The summed E-state index contributed by atoms with van der Waals surface area (Å²) < 4.78 is 2.13. The van der Waals surface area contributed by atoms with Crippen molar-refractivity contribution in [1.82, 2.24) is 9.55 Å². The molecule has 1 aliphatic carbocycles. The maximum absolute atomic E-state index is 12.7. The van der Waals surface area contributed by atoms with Crippen molar-refractivity contribution < 1.29 is 0 Å². The molecule has 0 saturated heterocycles. The van der Waals surface area contributed by atoms with E-state index in [9.17, 15) is 4.79 Å². The van der Waals surface area contributed by atoms with Gasteiger partial charge in [-0.1, -0.05) is 19.1 Å². The van der Waals surface area contributed by atoms with E-state index in [1.54, 1.807) is 15.9 Å². The molecule has 1 atom stereocenters. The lowest BCUT2D eigenvalue weighted by molar-refractivity contribution is 0.509. The lowest BCUT2D eigenvalue weighted by Gasteiger charge is -2.17. The molecule has 2 aromatic heterocycles. The molecule has 0 radical (unpaired) electrons. The summed E-state index contributed by atoms with van der Waals surface area (Å²) in [6, 6.07) is 0. The van der Waals surface area contributed by atoms with Crippen LogP contribution in [0, 0.1) is 10.7 Å². The van der Waals surface area contributed by atoms with Crippen molar-refractivity contribution >= 4 is 33.8 Å². The predicted octanol–water partition coefficient (Wildman–Crippen LogP) is 3.82. The Bertz CT molecular complexity index is 810. The van der Waals surface area contributed by atoms with Crippen molar-refractivity contribution in [2.45, 2.75) is 39.7 Å². The number of allylic oxidation sites excluding steroid dienone is 1. The third-order valence-electron chi connectivity index (χ3n) is 3.86. The van der Waals surface area contributed by atoms with Crippen molar-refractivity contribution in [1.29, 1.82) is 0 Å². The van der Waals surface area contributed by atoms with Crippen molar-refractivity contribution in [2.75, 3.05) is 0 Å². The summed E-state index contributed by atoms with van der Waals surface area (Å²) in [5.74, 6) is 0.705. The Morgan fingerprint density at radius 1 is 1.60 bits per heavy atom. The number of hydrogen-bond acceptors (Lipinski definition) is 3. The summed E-state index contributed by atoms with van der Waals surface area (Å²) in [6.45, 7) is 8.56. The SMILES string of the molecule is C=C(C)Cn1c(=S)[nH]c2sc3c(c2c1=O)CC[C@H](C)C3. The molecule has 0 bridgehead atoms. The van der Waals surface area contributed by atoms with E-state index in [1.165, 1.54) is 10.4 Å². The summed E-state index contributed by atoms with van der Waals surface area (Å²) in [4.78, 5) is 18.3. The number of hydrogen-bond donors (Lipinski definition) is 1. The number of nitrogens with zero attached hydrogens (tertiary/aromatic N) is 1. The van der Waals surface area contributed by atoms with Crippen LogP contribution in [0.1, 0.15) is 30.7 Å². The number of H-pyrrole nitrogens is 1. The molecule has 0 saturated carbocycles. The minimum Gasteiger partial charge on any atom is -0.323 e. The molecular formula is C15H18N2OS2. The molecule has 0 fully saturated rings. The first-order valence-electron chi connectivity index (χ1n) is 6.89. The minimum absolute atomic E-state index is 0.0406. The summed E-state index contributed by atoms with van der Waals surface area (Å²) in [6.07, 6.45) is 3.24. The molecule has 1 N–H and O–H groups in total. The summed E-state index contributed by atoms with van der Waals surface area (Å²) in [5, 5.41) is 0.853. The highest BCUT2D eigenvalue weighted by Gasteiger charge is 2.23. The third-order valence-corrected chi connectivity index (χ3v) is 5.36. The van der Waals surface area contributed by atoms with Crippen LogP contribution in [0.3, 0.4) is 0 Å². The fraction of sp³-hybridized carbons (Fsp3) is 0.467. The van der Waals surface area contributed by atoms with Gasteiger partial charge in [0, 0.05) is 11.4 Å². The molecule has 0 aromatic carbocycles. The van der Waals surface area contributed by atoms with Crippen LogP contribution in [-0.4, -0.2) is 9.55 Å². The number of aromatic nitrogens is 2. The number of aromatic amines is 1. The molecule has 106 valence electrons. The first-order chi connectivity index (χ1) is 9.47. The Kier molecular flexibility index (Phi) is 3.42. The number of nitrogens with one attached hydrogen (secondary N) is 1. The Morgan fingerprint density at radius 3 is 3.05 bits per heavy atom. The molecule has 3 rings (SSSR count). The van der Waals surface area contributed by atoms with E-state index in [0.29, 0.717) is 17.2 Å². The number of aryl methyl sites for hydroxylation is 1. The topological polar surface area (TPSA) is 37.8 Å². The second-order valence-electron chi connectivity index (χ2n) is 5.83. The van der Waals surface area contributed by atoms with Crippen molar-refractivity contribution in [2.24, 2.45) is 5.92 Å². The molecule has 2 aromatic rings. The largest absolute Gasteiger partial charge is 0.323 e. The smallest absolute Gasteiger partial charge is 0.263 e. The van der Waals surface area contributed by atoms with Gasteiger partial charge >= 0.3 is 0 Å². The van der Waals surface area contributed by atoms with Gasteiger partial charge in [0.05, 0.1) is 5.39 Å². The van der Waals surface area contributed by atoms with Crippen LogP contribution in [0.2, 0.25) is 0 Å². The highest BCUT2D eigenvalue weighted by Crippen LogP contribution is 2.35. The summed E-state index contributed by atoms with van der Waals surface area (Å²) in [7, 11) is 0. The van der Waals surface area contributed by atoms with Crippen LogP contribution >= 0.6 is 23.6 Å². The average molecular weight is 306 g/mol. The molecule has 0 spiro atoms. The van der Waals surface area contributed by atoms with Gasteiger partial charge in [-0.05, 0) is 49.9 Å². The Morgan fingerprint density at radius 2 is 2.35 bits per heavy atom. The Hall–Kier alpha value is -1.20. The minimum atomic E-state index is 0.0406. The summed E-state index contributed by atoms with van der Waals surface area (Å²) >= 11 is 7.02. The zero-order valence-corrected chi connectivity index (χ0v) is 13.4. The molecule has 20 heavy (non-hydrogen) atoms. The fourth-order valence-corrected chi connectivity index (χ4v) is 4.59. The van der Waals surface area contributed by atoms with Gasteiger partial charge in [-0.2, -0.15) is 0 Å². The van der Waals surface area contributed by atoms with Crippen LogP contribution in [-0.2, 0) is 19.4 Å². The maximum atomic E-state index is 12.7. The van der Waals surface area contributed by atoms with Crippen molar-refractivity contribution in [3.8, 4) is 0 Å². The second-order valence-corrected chi connectivity index (χ2v) is 7.33. The van der Waals surface area contributed by atoms with Gasteiger partial charge in [-0.3, -0.25) is 9.36 Å². The number of thiophene rings is 1. The van der Waals surface area contributed by atoms with E-state index in [2.05, 4.69) is 18.5 Å². The van der Waals surface area contributed by atoms with Gasteiger partial charge < -0.3 is 4.98 Å². The van der Waals surface area contributed by atoms with E-state index < -0.39 is 0 Å². The lowest BCUT2D eigenvalue weighted by atomic mass is 9.89. The monoisotopic (exact) mass is 306 g/mol. The van der Waals surface area contributed by atoms with Crippen LogP contribution in [0.15, 0.2) is 16.9 Å². The maximum Gasteiger partial charge on any atom is 0.263 e. The zero-order valence-electron chi connectivity index (χ0n) is 11.8. The van der Waals surface area contributed by atoms with Gasteiger partial charge in [-0.15, -0.1) is 11.3 Å². The quantitative estimate of drug-likeness (QED) is 0.676. The zero-order chi connectivity index (χ0) is 14.4. The highest BCUT2D eigenvalue weighted by atomic mass is 32.1. The van der Waals surface area contributed by atoms with Crippen LogP contribution in [0.25, 0.3) is 10.2 Å². The van der Waals surface area contributed by atoms with Crippen LogP contribution < -0.4 is 5.56 Å². The molecule has 3 nitrogen and oxygen atoms in total. The molecular weight excluding hydrogens is 288 g/mol. The van der Waals surface area contributed by atoms with Gasteiger partial charge in [0.25, 0.3) is 5.56 Å². The normalized spacial score (nSPS) is 18.2. The number of fused-ring (bicyclic) bond motifs is 3. The fourth-order valence-electron chi connectivity index (χ4n) is 2.87. The molecule has 0 aliphatic heterocycles. The highest BCUT2D eigenvalue weighted by molar-refractivity contribution is 7.71. The Labute approximate surface area is 127 Å². The van der Waals surface area contributed by atoms with Gasteiger partial charge in [0.1, 0.15) is 4.83 Å². The standard InChI is InChI=1S/C15H18N2OS2/c1-8(2)7-17-14(18)12-10-5-4-9(3)6-11(10)20-13(12)16-15(17)19/h9H,1,4-7H2,2-3H3,(H,16,19)/t9-/m0/s1. The van der Waals surface area contributed by atoms with Gasteiger partial charge in [0.15, 0.2) is 4.77 Å². The van der Waals surface area contributed by atoms with Crippen molar-refractivity contribution in [3.05, 3.63) is 37.7 Å². The first kappa shape index (κ1) is 13.8. The predicted molar refractivity (Wildman–Crippen MR) is 87.3 cm³/mol. The lowest BCUT2D eigenvalue weighted by Crippen LogP contribution is -2.23. The van der Waals surface area contributed by atoms with Gasteiger partial charge in [0.2, 0.25) is 0 Å². The van der Waals surface area contributed by atoms with E-state index in [0.717, 1.165) is 35.1 Å². The molecule has 0 unspecified atom stereocenters. The average Bonchev–Trinajstić information content (AvgIpc) is 2.71. The van der Waals surface area contributed by atoms with E-state index in [1.807, 2.05) is 6.92 Å². The number of rotatable bonds is 2. The first-order valence-corrected chi connectivity index (χ1v) is 8.11. The van der Waals surface area contributed by atoms with Gasteiger partial charge in [-0.25, -0.2) is 0 Å². The van der Waals surface area contributed by atoms with Crippen molar-refractivity contribution in [3.63, 3.8) is 0 Å². The summed E-state index contributed by atoms with van der Waals surface area (Å²) in [5.41, 5.74) is 2.22. The molecule has 1 aliphatic rings. The van der Waals surface area contributed by atoms with E-state index >= 15 is 0 Å². The van der Waals surface area contributed by atoms with Crippen LogP contribution in [0.5, 0.6) is 0 Å². The Balaban J connectivity index is 2.29. The molecule has 5 heteroatoms. The third kappa shape index (κ3) is 2.19.